The molecule has 0 aliphatic rings. The lowest BCUT2D eigenvalue weighted by atomic mass is 10.1. The fourth-order valence-electron chi connectivity index (χ4n) is 1.19. The van der Waals surface area contributed by atoms with Crippen LogP contribution in [0.25, 0.3) is 0 Å². The largest absolute Gasteiger partial charge is 0.330 e. The molecule has 70 valence electrons. The minimum atomic E-state index is 0.111. The van der Waals surface area contributed by atoms with Crippen molar-refractivity contribution >= 4 is 0 Å². The number of hydrogen-bond donors (Lipinski definition) is 1. The number of nitrogens with zero attached hydrogens (tertiary/aromatic N) is 2. The molecular weight excluding hydrogens is 150 g/mol. The Morgan fingerprint density at radius 3 is 2.42 bits per heavy atom. The Morgan fingerprint density at radius 1 is 1.42 bits per heavy atom. The first-order chi connectivity index (χ1) is 5.60. The summed E-state index contributed by atoms with van der Waals surface area (Å²) >= 11 is 0. The maximum atomic E-state index is 8.57. The van der Waals surface area contributed by atoms with Gasteiger partial charge in [0, 0.05) is 13.1 Å². The molecule has 0 saturated carbocycles. The molecule has 0 bridgehead atoms. The van der Waals surface area contributed by atoms with Crippen LogP contribution in [0.3, 0.4) is 0 Å². The maximum absolute atomic E-state index is 8.57. The Hall–Kier alpha value is -0.590. The molecule has 12 heavy (non-hydrogen) atoms. The van der Waals surface area contributed by atoms with Gasteiger partial charge in [-0.05, 0) is 26.4 Å². The van der Waals surface area contributed by atoms with E-state index in [2.05, 4.69) is 17.9 Å². The average Bonchev–Trinajstić information content (AvgIpc) is 2.03. The van der Waals surface area contributed by atoms with Gasteiger partial charge in [-0.1, -0.05) is 6.92 Å². The van der Waals surface area contributed by atoms with Gasteiger partial charge in [0.05, 0.1) is 12.0 Å². The van der Waals surface area contributed by atoms with E-state index in [9.17, 15) is 0 Å². The van der Waals surface area contributed by atoms with Crippen molar-refractivity contribution in [1.29, 1.82) is 5.26 Å². The summed E-state index contributed by atoms with van der Waals surface area (Å²) in [4.78, 5) is 2.16. The molecule has 0 saturated heterocycles. The lowest BCUT2D eigenvalue weighted by Crippen LogP contribution is -2.31. The van der Waals surface area contributed by atoms with Crippen LogP contribution in [0.2, 0.25) is 0 Å². The molecule has 2 unspecified atom stereocenters. The Kier molecular flexibility index (Phi) is 5.69. The minimum absolute atomic E-state index is 0.111. The average molecular weight is 169 g/mol. The van der Waals surface area contributed by atoms with E-state index in [4.69, 9.17) is 11.0 Å². The highest BCUT2D eigenvalue weighted by molar-refractivity contribution is 4.80. The topological polar surface area (TPSA) is 53.0 Å². The lowest BCUT2D eigenvalue weighted by molar-refractivity contribution is 0.271. The van der Waals surface area contributed by atoms with E-state index in [1.54, 1.807) is 0 Å². The van der Waals surface area contributed by atoms with Gasteiger partial charge in [-0.25, -0.2) is 0 Å². The third kappa shape index (κ3) is 5.11. The lowest BCUT2D eigenvalue weighted by Gasteiger charge is -2.20. The van der Waals surface area contributed by atoms with E-state index in [1.165, 1.54) is 0 Å². The molecule has 0 aliphatic carbocycles. The maximum Gasteiger partial charge on any atom is 0.0666 e. The van der Waals surface area contributed by atoms with Gasteiger partial charge < -0.3 is 10.6 Å². The third-order valence-electron chi connectivity index (χ3n) is 1.83. The Morgan fingerprint density at radius 2 is 2.00 bits per heavy atom. The number of hydrogen-bond acceptors (Lipinski definition) is 3. The summed E-state index contributed by atoms with van der Waals surface area (Å²) in [5.74, 6) is 0.626. The van der Waals surface area contributed by atoms with Gasteiger partial charge in [-0.2, -0.15) is 5.26 Å². The van der Waals surface area contributed by atoms with Crippen molar-refractivity contribution in [3.63, 3.8) is 0 Å². The molecule has 0 aromatic heterocycles. The normalized spacial score (nSPS) is 15.7. The molecule has 2 N–H and O–H groups in total. The Bertz CT molecular complexity index is 150. The fraction of sp³-hybridized carbons (Fsp3) is 0.889. The van der Waals surface area contributed by atoms with Gasteiger partial charge in [-0.15, -0.1) is 0 Å². The van der Waals surface area contributed by atoms with Crippen molar-refractivity contribution in [2.75, 3.05) is 26.7 Å². The molecule has 3 nitrogen and oxygen atoms in total. The summed E-state index contributed by atoms with van der Waals surface area (Å²) in [6, 6.07) is 2.21. The number of nitriles is 1. The van der Waals surface area contributed by atoms with Gasteiger partial charge in [0.15, 0.2) is 0 Å². The zero-order valence-corrected chi connectivity index (χ0v) is 8.25. The predicted molar refractivity (Wildman–Crippen MR) is 50.5 cm³/mol. The van der Waals surface area contributed by atoms with E-state index in [0.29, 0.717) is 12.5 Å². The van der Waals surface area contributed by atoms with Crippen LogP contribution in [-0.2, 0) is 0 Å². The van der Waals surface area contributed by atoms with Crippen LogP contribution in [0, 0.1) is 23.2 Å². The molecule has 2 atom stereocenters. The molecule has 0 spiro atoms. The summed E-state index contributed by atoms with van der Waals surface area (Å²) in [5.41, 5.74) is 5.49. The third-order valence-corrected chi connectivity index (χ3v) is 1.83. The van der Waals surface area contributed by atoms with Crippen LogP contribution in [0.15, 0.2) is 0 Å². The minimum Gasteiger partial charge on any atom is -0.330 e. The van der Waals surface area contributed by atoms with Crippen LogP contribution in [-0.4, -0.2) is 31.6 Å². The molecule has 0 radical (unpaired) electrons. The van der Waals surface area contributed by atoms with Crippen LogP contribution in [0.1, 0.15) is 13.8 Å². The molecule has 0 amide bonds. The number of rotatable bonds is 5. The van der Waals surface area contributed by atoms with Gasteiger partial charge >= 0.3 is 0 Å². The molecule has 3 heteroatoms. The first kappa shape index (κ1) is 11.4. The van der Waals surface area contributed by atoms with E-state index in [0.717, 1.165) is 13.1 Å². The summed E-state index contributed by atoms with van der Waals surface area (Å²) in [5, 5.41) is 8.57. The van der Waals surface area contributed by atoms with Crippen LogP contribution in [0.5, 0.6) is 0 Å². The quantitative estimate of drug-likeness (QED) is 0.658. The molecule has 0 rings (SSSR count). The van der Waals surface area contributed by atoms with Gasteiger partial charge in [0.25, 0.3) is 0 Å². The summed E-state index contributed by atoms with van der Waals surface area (Å²) in [6.07, 6.45) is 0. The Labute approximate surface area is 75.2 Å². The Balaban J connectivity index is 3.60. The van der Waals surface area contributed by atoms with E-state index in [-0.39, 0.29) is 5.92 Å². The zero-order chi connectivity index (χ0) is 9.56. The van der Waals surface area contributed by atoms with Crippen LogP contribution in [0.4, 0.5) is 0 Å². The highest BCUT2D eigenvalue weighted by Crippen LogP contribution is 1.99. The second-order valence-electron chi connectivity index (χ2n) is 3.59. The smallest absolute Gasteiger partial charge is 0.0666 e. The van der Waals surface area contributed by atoms with Crippen LogP contribution < -0.4 is 5.73 Å². The number of nitrogens with two attached hydrogens (primary N) is 1. The first-order valence-corrected chi connectivity index (χ1v) is 4.38. The molecule has 0 aliphatic heterocycles. The molecule has 0 heterocycles. The van der Waals surface area contributed by atoms with Crippen molar-refractivity contribution in [2.45, 2.75) is 13.8 Å². The van der Waals surface area contributed by atoms with E-state index >= 15 is 0 Å². The molecule has 0 aromatic rings. The molecule has 0 fully saturated rings. The summed E-state index contributed by atoms with van der Waals surface area (Å²) < 4.78 is 0. The second-order valence-corrected chi connectivity index (χ2v) is 3.59. The van der Waals surface area contributed by atoms with Crippen molar-refractivity contribution in [3.8, 4) is 6.07 Å². The van der Waals surface area contributed by atoms with Gasteiger partial charge in [0.1, 0.15) is 0 Å². The summed E-state index contributed by atoms with van der Waals surface area (Å²) in [6.45, 7) is 6.58. The van der Waals surface area contributed by atoms with Gasteiger partial charge in [-0.3, -0.25) is 0 Å². The predicted octanol–water partition coefficient (Wildman–Crippen LogP) is 0.673. The monoisotopic (exact) mass is 169 g/mol. The molecule has 0 aromatic carbocycles. The highest BCUT2D eigenvalue weighted by Gasteiger charge is 2.07. The SMILES string of the molecule is CC(C#N)CN(C)CC(C)CN. The molecular formula is C9H19N3. The van der Waals surface area contributed by atoms with E-state index < -0.39 is 0 Å². The standard InChI is InChI=1S/C9H19N3/c1-8(4-10)6-12(3)7-9(2)5-11/h8-9H,4,6-7,10H2,1-3H3. The first-order valence-electron chi connectivity index (χ1n) is 4.38. The van der Waals surface area contributed by atoms with E-state index in [1.807, 2.05) is 14.0 Å². The van der Waals surface area contributed by atoms with Crippen molar-refractivity contribution in [1.82, 2.24) is 4.90 Å². The van der Waals surface area contributed by atoms with Crippen LogP contribution >= 0.6 is 0 Å². The second kappa shape index (κ2) is 5.99. The fourth-order valence-corrected chi connectivity index (χ4v) is 1.19. The van der Waals surface area contributed by atoms with Crippen molar-refractivity contribution < 1.29 is 0 Å². The zero-order valence-electron chi connectivity index (χ0n) is 8.25. The highest BCUT2D eigenvalue weighted by atomic mass is 15.1. The van der Waals surface area contributed by atoms with Crippen molar-refractivity contribution in [2.24, 2.45) is 17.6 Å². The van der Waals surface area contributed by atoms with Gasteiger partial charge in [0.2, 0.25) is 0 Å². The van der Waals surface area contributed by atoms with Crippen molar-refractivity contribution in [3.05, 3.63) is 0 Å². The summed E-state index contributed by atoms with van der Waals surface area (Å²) in [7, 11) is 2.03.